The molecule has 0 aliphatic heterocycles. The molecule has 0 unspecified atom stereocenters. The molecule has 5 heteroatoms. The van der Waals surface area contributed by atoms with Crippen LogP contribution in [0.1, 0.15) is 5.56 Å². The Morgan fingerprint density at radius 1 is 1.32 bits per heavy atom. The topological polar surface area (TPSA) is 60.9 Å². The molecule has 1 aromatic rings. The van der Waals surface area contributed by atoms with Gasteiger partial charge in [0.15, 0.2) is 0 Å². The van der Waals surface area contributed by atoms with Crippen LogP contribution >= 0.6 is 0 Å². The normalized spacial score (nSPS) is 9.79. The van der Waals surface area contributed by atoms with Crippen LogP contribution in [0, 0.1) is 6.92 Å². The molecule has 0 atom stereocenters. The Hall–Kier alpha value is -2.30. The second-order valence-electron chi connectivity index (χ2n) is 4.24. The molecule has 0 heterocycles. The van der Waals surface area contributed by atoms with E-state index in [4.69, 9.17) is 5.11 Å². The summed E-state index contributed by atoms with van der Waals surface area (Å²) in [5.41, 5.74) is 1.81. The lowest BCUT2D eigenvalue weighted by molar-refractivity contribution is -0.137. The number of amides is 2. The zero-order chi connectivity index (χ0) is 14.4. The first-order valence-corrected chi connectivity index (χ1v) is 5.87. The van der Waals surface area contributed by atoms with Crippen molar-refractivity contribution in [2.45, 2.75) is 6.92 Å². The number of nitrogens with zero attached hydrogens (tertiary/aromatic N) is 2. The largest absolute Gasteiger partial charge is 0.480 e. The number of urea groups is 1. The smallest absolute Gasteiger partial charge is 0.325 e. The molecule has 0 saturated carbocycles. The summed E-state index contributed by atoms with van der Waals surface area (Å²) in [6, 6.07) is 7.06. The molecule has 0 radical (unpaired) electrons. The Morgan fingerprint density at radius 3 is 2.37 bits per heavy atom. The Kier molecular flexibility index (Phi) is 5.11. The Balaban J connectivity index is 2.85. The van der Waals surface area contributed by atoms with Gasteiger partial charge in [-0.15, -0.1) is 6.58 Å². The van der Waals surface area contributed by atoms with E-state index in [0.29, 0.717) is 0 Å². The number of carbonyl (C=O) groups is 2. The number of aryl methyl sites for hydroxylation is 1. The van der Waals surface area contributed by atoms with Crippen LogP contribution in [0.3, 0.4) is 0 Å². The lowest BCUT2D eigenvalue weighted by Crippen LogP contribution is -2.43. The highest BCUT2D eigenvalue weighted by atomic mass is 16.4. The molecule has 1 N–H and O–H groups in total. The number of hydrogen-bond acceptors (Lipinski definition) is 2. The van der Waals surface area contributed by atoms with Crippen molar-refractivity contribution in [1.82, 2.24) is 4.90 Å². The summed E-state index contributed by atoms with van der Waals surface area (Å²) in [4.78, 5) is 25.6. The molecule has 19 heavy (non-hydrogen) atoms. The minimum atomic E-state index is -1.05. The first kappa shape index (κ1) is 14.8. The van der Waals surface area contributed by atoms with Crippen LogP contribution in [-0.4, -0.2) is 42.1 Å². The summed E-state index contributed by atoms with van der Waals surface area (Å²) in [5, 5.41) is 8.80. The molecule has 0 aliphatic carbocycles. The molecule has 0 aliphatic rings. The standard InChI is InChI=1S/C14H18N2O3/c1-4-9-16(10-13(17)18)14(19)15(3)12-7-5-11(2)6-8-12/h4-8H,1,9-10H2,2-3H3,(H,17,18). The van der Waals surface area contributed by atoms with Gasteiger partial charge < -0.3 is 10.0 Å². The van der Waals surface area contributed by atoms with E-state index >= 15 is 0 Å². The van der Waals surface area contributed by atoms with E-state index in [9.17, 15) is 9.59 Å². The summed E-state index contributed by atoms with van der Waals surface area (Å²) < 4.78 is 0. The van der Waals surface area contributed by atoms with Gasteiger partial charge in [0.05, 0.1) is 0 Å². The van der Waals surface area contributed by atoms with Crippen LogP contribution in [0.15, 0.2) is 36.9 Å². The van der Waals surface area contributed by atoms with E-state index in [-0.39, 0.29) is 19.1 Å². The first-order chi connectivity index (χ1) is 8.95. The van der Waals surface area contributed by atoms with Crippen molar-refractivity contribution in [3.63, 3.8) is 0 Å². The van der Waals surface area contributed by atoms with Crippen molar-refractivity contribution >= 4 is 17.7 Å². The lowest BCUT2D eigenvalue weighted by Gasteiger charge is -2.26. The average Bonchev–Trinajstić information content (AvgIpc) is 2.37. The van der Waals surface area contributed by atoms with Crippen molar-refractivity contribution in [1.29, 1.82) is 0 Å². The third kappa shape index (κ3) is 4.13. The minimum Gasteiger partial charge on any atom is -0.480 e. The van der Waals surface area contributed by atoms with E-state index in [0.717, 1.165) is 11.3 Å². The maximum atomic E-state index is 12.2. The van der Waals surface area contributed by atoms with E-state index < -0.39 is 5.97 Å². The van der Waals surface area contributed by atoms with Crippen molar-refractivity contribution < 1.29 is 14.7 Å². The molecule has 1 aromatic carbocycles. The predicted molar refractivity (Wildman–Crippen MR) is 74.4 cm³/mol. The van der Waals surface area contributed by atoms with Crippen LogP contribution in [0.2, 0.25) is 0 Å². The number of anilines is 1. The van der Waals surface area contributed by atoms with Crippen LogP contribution in [0.4, 0.5) is 10.5 Å². The molecule has 0 saturated heterocycles. The van der Waals surface area contributed by atoms with Crippen molar-refractivity contribution in [3.05, 3.63) is 42.5 Å². The molecule has 102 valence electrons. The summed E-state index contributed by atoms with van der Waals surface area (Å²) in [6.45, 7) is 5.34. The Bertz CT molecular complexity index is 468. The fourth-order valence-corrected chi connectivity index (χ4v) is 1.62. The van der Waals surface area contributed by atoms with Crippen molar-refractivity contribution in [2.24, 2.45) is 0 Å². The summed E-state index contributed by atoms with van der Waals surface area (Å²) in [6.07, 6.45) is 1.50. The third-order valence-electron chi connectivity index (χ3n) is 2.65. The Morgan fingerprint density at radius 2 is 1.89 bits per heavy atom. The van der Waals surface area contributed by atoms with Gasteiger partial charge in [-0.3, -0.25) is 9.69 Å². The number of rotatable bonds is 5. The van der Waals surface area contributed by atoms with Crippen molar-refractivity contribution in [2.75, 3.05) is 25.0 Å². The van der Waals surface area contributed by atoms with Gasteiger partial charge in [0.1, 0.15) is 6.54 Å². The maximum absolute atomic E-state index is 12.2. The van der Waals surface area contributed by atoms with Gasteiger partial charge in [-0.2, -0.15) is 0 Å². The highest BCUT2D eigenvalue weighted by Gasteiger charge is 2.20. The van der Waals surface area contributed by atoms with E-state index in [2.05, 4.69) is 6.58 Å². The van der Waals surface area contributed by atoms with E-state index in [1.807, 2.05) is 31.2 Å². The quantitative estimate of drug-likeness (QED) is 0.827. The van der Waals surface area contributed by atoms with Gasteiger partial charge in [0, 0.05) is 19.3 Å². The summed E-state index contributed by atoms with van der Waals surface area (Å²) in [7, 11) is 1.62. The monoisotopic (exact) mass is 262 g/mol. The van der Waals surface area contributed by atoms with Gasteiger partial charge >= 0.3 is 12.0 Å². The molecular weight excluding hydrogens is 244 g/mol. The van der Waals surface area contributed by atoms with E-state index in [1.54, 1.807) is 7.05 Å². The van der Waals surface area contributed by atoms with Crippen LogP contribution in [-0.2, 0) is 4.79 Å². The van der Waals surface area contributed by atoms with Gasteiger partial charge in [0.25, 0.3) is 0 Å². The minimum absolute atomic E-state index is 0.196. The molecule has 2 amide bonds. The fourth-order valence-electron chi connectivity index (χ4n) is 1.62. The van der Waals surface area contributed by atoms with Crippen molar-refractivity contribution in [3.8, 4) is 0 Å². The highest BCUT2D eigenvalue weighted by Crippen LogP contribution is 2.15. The molecule has 0 bridgehead atoms. The first-order valence-electron chi connectivity index (χ1n) is 5.87. The number of carboxylic acids is 1. The molecule has 0 fully saturated rings. The summed E-state index contributed by atoms with van der Waals surface area (Å²) >= 11 is 0. The number of carbonyl (C=O) groups excluding carboxylic acids is 1. The maximum Gasteiger partial charge on any atom is 0.325 e. The van der Waals surface area contributed by atoms with Crippen LogP contribution in [0.5, 0.6) is 0 Å². The lowest BCUT2D eigenvalue weighted by atomic mass is 10.2. The van der Waals surface area contributed by atoms with Crippen LogP contribution < -0.4 is 4.90 Å². The fraction of sp³-hybridized carbons (Fsp3) is 0.286. The van der Waals surface area contributed by atoms with Gasteiger partial charge in [-0.1, -0.05) is 23.8 Å². The third-order valence-corrected chi connectivity index (χ3v) is 2.65. The molecule has 1 rings (SSSR count). The summed E-state index contributed by atoms with van der Waals surface area (Å²) in [5.74, 6) is -1.05. The number of hydrogen-bond donors (Lipinski definition) is 1. The van der Waals surface area contributed by atoms with Gasteiger partial charge in [-0.25, -0.2) is 4.79 Å². The predicted octanol–water partition coefficient (Wildman–Crippen LogP) is 2.12. The molecule has 0 aromatic heterocycles. The SMILES string of the molecule is C=CCN(CC(=O)O)C(=O)N(C)c1ccc(C)cc1. The molecule has 0 spiro atoms. The van der Waals surface area contributed by atoms with Crippen LogP contribution in [0.25, 0.3) is 0 Å². The zero-order valence-electron chi connectivity index (χ0n) is 11.2. The second-order valence-corrected chi connectivity index (χ2v) is 4.24. The number of benzene rings is 1. The molecular formula is C14H18N2O3. The second kappa shape index (κ2) is 6.58. The van der Waals surface area contributed by atoms with Gasteiger partial charge in [-0.05, 0) is 19.1 Å². The number of carboxylic acid groups (broad SMARTS) is 1. The molecule has 5 nitrogen and oxygen atoms in total. The van der Waals surface area contributed by atoms with Gasteiger partial charge in [0.2, 0.25) is 0 Å². The number of aliphatic carboxylic acids is 1. The zero-order valence-corrected chi connectivity index (χ0v) is 11.2. The average molecular weight is 262 g/mol. The Labute approximate surface area is 112 Å². The highest BCUT2D eigenvalue weighted by molar-refractivity contribution is 5.93. The van der Waals surface area contributed by atoms with E-state index in [1.165, 1.54) is 15.9 Å².